The highest BCUT2D eigenvalue weighted by Gasteiger charge is 2.09. The van der Waals surface area contributed by atoms with Crippen LogP contribution in [0.3, 0.4) is 0 Å². The van der Waals surface area contributed by atoms with Gasteiger partial charge in [0.25, 0.3) is 0 Å². The average molecular weight is 222 g/mol. The molecule has 0 aliphatic heterocycles. The SMILES string of the molecule is COc1nc2c(CC#N)c[nH]c2cc1Cl. The van der Waals surface area contributed by atoms with Gasteiger partial charge in [-0.25, -0.2) is 4.98 Å². The van der Waals surface area contributed by atoms with Crippen molar-refractivity contribution in [2.45, 2.75) is 6.42 Å². The lowest BCUT2D eigenvalue weighted by Crippen LogP contribution is -1.90. The lowest BCUT2D eigenvalue weighted by atomic mass is 10.2. The van der Waals surface area contributed by atoms with E-state index in [9.17, 15) is 0 Å². The van der Waals surface area contributed by atoms with Crippen LogP contribution in [0.1, 0.15) is 5.56 Å². The van der Waals surface area contributed by atoms with Gasteiger partial charge in [0.15, 0.2) is 0 Å². The van der Waals surface area contributed by atoms with E-state index < -0.39 is 0 Å². The van der Waals surface area contributed by atoms with Crippen LogP contribution in [0.4, 0.5) is 0 Å². The highest BCUT2D eigenvalue weighted by Crippen LogP contribution is 2.27. The number of nitrogens with one attached hydrogen (secondary N) is 1. The molecule has 0 amide bonds. The standard InChI is InChI=1S/C10H8ClN3O/c1-15-10-7(11)4-8-9(14-10)6(2-3-12)5-13-8/h4-5,13H,2H2,1H3. The molecule has 0 spiro atoms. The molecule has 0 saturated carbocycles. The predicted octanol–water partition coefficient (Wildman–Crippen LogP) is 2.29. The van der Waals surface area contributed by atoms with Crippen molar-refractivity contribution in [2.24, 2.45) is 0 Å². The van der Waals surface area contributed by atoms with Gasteiger partial charge in [0, 0.05) is 11.8 Å². The van der Waals surface area contributed by atoms with Crippen LogP contribution >= 0.6 is 11.6 Å². The lowest BCUT2D eigenvalue weighted by Gasteiger charge is -2.01. The molecule has 0 fully saturated rings. The van der Waals surface area contributed by atoms with Gasteiger partial charge in [0.05, 0.1) is 30.6 Å². The molecule has 0 aliphatic rings. The van der Waals surface area contributed by atoms with E-state index in [0.29, 0.717) is 17.3 Å². The third-order valence-corrected chi connectivity index (χ3v) is 2.38. The van der Waals surface area contributed by atoms with Crippen molar-refractivity contribution >= 4 is 22.6 Å². The molecule has 0 bridgehead atoms. The van der Waals surface area contributed by atoms with Crippen LogP contribution in [0, 0.1) is 11.3 Å². The molecule has 0 aromatic carbocycles. The first-order valence-electron chi connectivity index (χ1n) is 4.33. The van der Waals surface area contributed by atoms with Crippen LogP contribution in [0.15, 0.2) is 12.3 Å². The molecule has 2 aromatic heterocycles. The summed E-state index contributed by atoms with van der Waals surface area (Å²) in [5.74, 6) is 0.378. The van der Waals surface area contributed by atoms with Gasteiger partial charge in [0.2, 0.25) is 5.88 Å². The molecular weight excluding hydrogens is 214 g/mol. The quantitative estimate of drug-likeness (QED) is 0.846. The number of aromatic amines is 1. The minimum Gasteiger partial charge on any atom is -0.480 e. The Labute approximate surface area is 91.4 Å². The van der Waals surface area contributed by atoms with Crippen LogP contribution in [0.25, 0.3) is 11.0 Å². The Morgan fingerprint density at radius 1 is 1.67 bits per heavy atom. The number of fused-ring (bicyclic) bond motifs is 1. The van der Waals surface area contributed by atoms with E-state index in [1.165, 1.54) is 7.11 Å². The molecular formula is C10H8ClN3O. The Bertz CT molecular complexity index is 541. The van der Waals surface area contributed by atoms with Gasteiger partial charge in [-0.15, -0.1) is 0 Å². The summed E-state index contributed by atoms with van der Waals surface area (Å²) in [6.45, 7) is 0. The zero-order valence-electron chi connectivity index (χ0n) is 8.04. The summed E-state index contributed by atoms with van der Waals surface area (Å²) in [7, 11) is 1.51. The number of ether oxygens (including phenoxy) is 1. The fourth-order valence-electron chi connectivity index (χ4n) is 1.42. The van der Waals surface area contributed by atoms with E-state index in [0.717, 1.165) is 16.6 Å². The van der Waals surface area contributed by atoms with E-state index in [2.05, 4.69) is 16.0 Å². The molecule has 2 heterocycles. The fourth-order valence-corrected chi connectivity index (χ4v) is 1.65. The second-order valence-electron chi connectivity index (χ2n) is 3.02. The molecule has 1 N–H and O–H groups in total. The average Bonchev–Trinajstić information content (AvgIpc) is 2.60. The van der Waals surface area contributed by atoms with Crippen molar-refractivity contribution in [2.75, 3.05) is 7.11 Å². The van der Waals surface area contributed by atoms with E-state index in [-0.39, 0.29) is 0 Å². The molecule has 0 saturated heterocycles. The monoisotopic (exact) mass is 221 g/mol. The summed E-state index contributed by atoms with van der Waals surface area (Å²) in [5, 5.41) is 9.08. The third-order valence-electron chi connectivity index (χ3n) is 2.11. The Morgan fingerprint density at radius 3 is 3.13 bits per heavy atom. The van der Waals surface area contributed by atoms with E-state index in [1.807, 2.05) is 0 Å². The largest absolute Gasteiger partial charge is 0.480 e. The maximum absolute atomic E-state index is 8.63. The molecule has 5 heteroatoms. The number of methoxy groups -OCH3 is 1. The summed E-state index contributed by atoms with van der Waals surface area (Å²) >= 11 is 5.92. The van der Waals surface area contributed by atoms with Crippen LogP contribution in [-0.4, -0.2) is 17.1 Å². The maximum Gasteiger partial charge on any atom is 0.233 e. The van der Waals surface area contributed by atoms with Gasteiger partial charge < -0.3 is 9.72 Å². The topological polar surface area (TPSA) is 61.7 Å². The highest BCUT2D eigenvalue weighted by atomic mass is 35.5. The Hall–Kier alpha value is -1.73. The molecule has 4 nitrogen and oxygen atoms in total. The molecule has 15 heavy (non-hydrogen) atoms. The summed E-state index contributed by atoms with van der Waals surface area (Å²) in [6, 6.07) is 3.82. The first kappa shape index (κ1) is 9.81. The van der Waals surface area contributed by atoms with E-state index in [4.69, 9.17) is 21.6 Å². The van der Waals surface area contributed by atoms with Crippen LogP contribution in [0.5, 0.6) is 5.88 Å². The highest BCUT2D eigenvalue weighted by molar-refractivity contribution is 6.32. The molecule has 2 rings (SSSR count). The van der Waals surface area contributed by atoms with Crippen LogP contribution in [0.2, 0.25) is 5.02 Å². The minimum absolute atomic E-state index is 0.317. The van der Waals surface area contributed by atoms with Gasteiger partial charge in [-0.1, -0.05) is 11.6 Å². The van der Waals surface area contributed by atoms with E-state index in [1.54, 1.807) is 12.3 Å². The number of aromatic nitrogens is 2. The van der Waals surface area contributed by atoms with Crippen molar-refractivity contribution < 1.29 is 4.74 Å². The second kappa shape index (κ2) is 3.79. The Balaban J connectivity index is 2.65. The first-order chi connectivity index (χ1) is 7.26. The van der Waals surface area contributed by atoms with Gasteiger partial charge in [-0.2, -0.15) is 5.26 Å². The maximum atomic E-state index is 8.63. The number of H-pyrrole nitrogens is 1. The van der Waals surface area contributed by atoms with E-state index >= 15 is 0 Å². The van der Waals surface area contributed by atoms with Crippen molar-refractivity contribution in [3.63, 3.8) is 0 Å². The summed E-state index contributed by atoms with van der Waals surface area (Å²) in [5.41, 5.74) is 2.39. The molecule has 0 aliphatic carbocycles. The predicted molar refractivity (Wildman–Crippen MR) is 57.0 cm³/mol. The second-order valence-corrected chi connectivity index (χ2v) is 3.43. The number of hydrogen-bond acceptors (Lipinski definition) is 3. The smallest absolute Gasteiger partial charge is 0.233 e. The molecule has 76 valence electrons. The minimum atomic E-state index is 0.317. The first-order valence-corrected chi connectivity index (χ1v) is 4.71. The summed E-state index contributed by atoms with van der Waals surface area (Å²) < 4.78 is 5.02. The molecule has 0 unspecified atom stereocenters. The molecule has 0 radical (unpaired) electrons. The van der Waals surface area contributed by atoms with Gasteiger partial charge in [0.1, 0.15) is 5.02 Å². The molecule has 2 aromatic rings. The van der Waals surface area contributed by atoms with Crippen molar-refractivity contribution in [3.8, 4) is 11.9 Å². The number of pyridine rings is 1. The fraction of sp³-hybridized carbons (Fsp3) is 0.200. The number of hydrogen-bond donors (Lipinski definition) is 1. The molecule has 0 atom stereocenters. The number of halogens is 1. The third kappa shape index (κ3) is 1.62. The normalized spacial score (nSPS) is 10.2. The number of nitrogens with zero attached hydrogens (tertiary/aromatic N) is 2. The van der Waals surface area contributed by atoms with Gasteiger partial charge >= 0.3 is 0 Å². The zero-order chi connectivity index (χ0) is 10.8. The van der Waals surface area contributed by atoms with Crippen LogP contribution in [-0.2, 0) is 6.42 Å². The van der Waals surface area contributed by atoms with Crippen molar-refractivity contribution in [3.05, 3.63) is 22.8 Å². The Morgan fingerprint density at radius 2 is 2.47 bits per heavy atom. The van der Waals surface area contributed by atoms with Gasteiger partial charge in [-0.05, 0) is 6.07 Å². The number of nitriles is 1. The summed E-state index contributed by atoms with van der Waals surface area (Å²) in [4.78, 5) is 7.25. The van der Waals surface area contributed by atoms with Gasteiger partial charge in [-0.3, -0.25) is 0 Å². The Kier molecular flexibility index (Phi) is 2.48. The van der Waals surface area contributed by atoms with Crippen molar-refractivity contribution in [1.29, 1.82) is 5.26 Å². The van der Waals surface area contributed by atoms with Crippen molar-refractivity contribution in [1.82, 2.24) is 9.97 Å². The lowest BCUT2D eigenvalue weighted by molar-refractivity contribution is 0.400. The summed E-state index contributed by atoms with van der Waals surface area (Å²) in [6.07, 6.45) is 2.08. The number of rotatable bonds is 2. The zero-order valence-corrected chi connectivity index (χ0v) is 8.80. The van der Waals surface area contributed by atoms with Crippen LogP contribution < -0.4 is 4.74 Å².